The number of nitrogens with one attached hydrogen (secondary N) is 1. The standard InChI is InChI=1S/C18H17N3O2S.ClH/c1-20-8-6-12(7-9-20)18(23)21-15-5-3-2-4-14(15)19-17(22)13-10-24-11-16(13)21;/h2-6,10-11H,7-9H2,1H3,(H,19,22);1H. The van der Waals surface area contributed by atoms with Gasteiger partial charge in [-0.2, -0.15) is 0 Å². The van der Waals surface area contributed by atoms with Gasteiger partial charge in [-0.05, 0) is 25.6 Å². The third-order valence-corrected chi connectivity index (χ3v) is 5.14. The van der Waals surface area contributed by atoms with Gasteiger partial charge >= 0.3 is 0 Å². The number of carbonyl (C=O) groups is 2. The van der Waals surface area contributed by atoms with Crippen LogP contribution in [0.2, 0.25) is 0 Å². The van der Waals surface area contributed by atoms with Crippen LogP contribution in [0.25, 0.3) is 0 Å². The lowest BCUT2D eigenvalue weighted by atomic mass is 10.1. The molecule has 7 heteroatoms. The molecule has 0 bridgehead atoms. The number of nitrogens with zero attached hydrogens (tertiary/aromatic N) is 2. The van der Waals surface area contributed by atoms with Gasteiger partial charge in [-0.1, -0.05) is 18.2 Å². The van der Waals surface area contributed by atoms with Crippen LogP contribution in [-0.2, 0) is 4.79 Å². The summed E-state index contributed by atoms with van der Waals surface area (Å²) < 4.78 is 0. The van der Waals surface area contributed by atoms with Gasteiger partial charge in [0.15, 0.2) is 0 Å². The van der Waals surface area contributed by atoms with Crippen LogP contribution in [0.1, 0.15) is 16.8 Å². The summed E-state index contributed by atoms with van der Waals surface area (Å²) in [6, 6.07) is 7.43. The smallest absolute Gasteiger partial charge is 0.258 e. The Morgan fingerprint density at radius 2 is 2.00 bits per heavy atom. The summed E-state index contributed by atoms with van der Waals surface area (Å²) in [4.78, 5) is 29.6. The molecule has 5 nitrogen and oxygen atoms in total. The van der Waals surface area contributed by atoms with Gasteiger partial charge in [0, 0.05) is 29.4 Å². The zero-order valence-electron chi connectivity index (χ0n) is 13.7. The Morgan fingerprint density at radius 3 is 2.76 bits per heavy atom. The molecule has 25 heavy (non-hydrogen) atoms. The molecule has 1 aromatic carbocycles. The molecule has 2 aromatic rings. The van der Waals surface area contributed by atoms with Gasteiger partial charge in [-0.15, -0.1) is 23.7 Å². The number of thiophene rings is 1. The Morgan fingerprint density at radius 1 is 1.20 bits per heavy atom. The average molecular weight is 376 g/mol. The van der Waals surface area contributed by atoms with Gasteiger partial charge in [-0.25, -0.2) is 0 Å². The third kappa shape index (κ3) is 3.08. The van der Waals surface area contributed by atoms with E-state index in [-0.39, 0.29) is 24.2 Å². The molecule has 2 amide bonds. The number of hydrogen-bond donors (Lipinski definition) is 1. The molecule has 4 rings (SSSR count). The van der Waals surface area contributed by atoms with Gasteiger partial charge in [0.25, 0.3) is 11.8 Å². The molecule has 0 atom stereocenters. The van der Waals surface area contributed by atoms with Gasteiger partial charge in [0.2, 0.25) is 0 Å². The summed E-state index contributed by atoms with van der Waals surface area (Å²) >= 11 is 1.43. The van der Waals surface area contributed by atoms with Gasteiger partial charge in [0.05, 0.1) is 22.6 Å². The minimum absolute atomic E-state index is 0. The van der Waals surface area contributed by atoms with Crippen molar-refractivity contribution in [2.45, 2.75) is 6.42 Å². The SMILES string of the molecule is CN1CC=C(C(=O)N2c3ccccc3NC(=O)c3cscc32)CC1.Cl. The molecule has 0 radical (unpaired) electrons. The summed E-state index contributed by atoms with van der Waals surface area (Å²) in [7, 11) is 2.04. The zero-order valence-corrected chi connectivity index (χ0v) is 15.3. The molecule has 2 aliphatic rings. The van der Waals surface area contributed by atoms with E-state index in [9.17, 15) is 9.59 Å². The highest BCUT2D eigenvalue weighted by Gasteiger charge is 2.31. The monoisotopic (exact) mass is 375 g/mol. The maximum atomic E-state index is 13.2. The highest BCUT2D eigenvalue weighted by Crippen LogP contribution is 2.40. The molecule has 0 saturated heterocycles. The van der Waals surface area contributed by atoms with Crippen LogP contribution in [0.4, 0.5) is 17.1 Å². The van der Waals surface area contributed by atoms with Crippen LogP contribution in [0.3, 0.4) is 0 Å². The van der Waals surface area contributed by atoms with E-state index in [0.29, 0.717) is 22.6 Å². The van der Waals surface area contributed by atoms with E-state index in [1.807, 2.05) is 42.8 Å². The summed E-state index contributed by atoms with van der Waals surface area (Å²) in [5.74, 6) is -0.224. The fourth-order valence-electron chi connectivity index (χ4n) is 3.05. The highest BCUT2D eigenvalue weighted by molar-refractivity contribution is 7.08. The molecule has 1 aromatic heterocycles. The molecule has 1 N–H and O–H groups in total. The van der Waals surface area contributed by atoms with Crippen LogP contribution in [0.5, 0.6) is 0 Å². The van der Waals surface area contributed by atoms with Crippen molar-refractivity contribution in [3.63, 3.8) is 0 Å². The molecule has 130 valence electrons. The number of anilines is 3. The maximum absolute atomic E-state index is 13.2. The Balaban J connectivity index is 0.00000182. The van der Waals surface area contributed by atoms with E-state index in [1.54, 1.807) is 10.3 Å². The minimum atomic E-state index is -0.175. The number of hydrogen-bond acceptors (Lipinski definition) is 4. The Kier molecular flexibility index (Phi) is 4.94. The first kappa shape index (κ1) is 17.7. The lowest BCUT2D eigenvalue weighted by molar-refractivity contribution is -0.114. The average Bonchev–Trinajstić information content (AvgIpc) is 3.02. The van der Waals surface area contributed by atoms with Crippen LogP contribution in [0.15, 0.2) is 46.7 Å². The van der Waals surface area contributed by atoms with Crippen molar-refractivity contribution in [2.24, 2.45) is 0 Å². The van der Waals surface area contributed by atoms with E-state index >= 15 is 0 Å². The van der Waals surface area contributed by atoms with Gasteiger partial charge in [0.1, 0.15) is 0 Å². The number of likely N-dealkylation sites (N-methyl/N-ethyl adjacent to an activating group) is 1. The number of rotatable bonds is 1. The summed E-state index contributed by atoms with van der Waals surface area (Å²) in [6.07, 6.45) is 2.70. The summed E-state index contributed by atoms with van der Waals surface area (Å²) in [5, 5.41) is 6.56. The van der Waals surface area contributed by atoms with Crippen molar-refractivity contribution in [3.8, 4) is 0 Å². The second-order valence-electron chi connectivity index (χ2n) is 6.02. The Labute approximate surface area is 156 Å². The van der Waals surface area contributed by atoms with E-state index in [0.717, 1.165) is 25.1 Å². The molecule has 0 aliphatic carbocycles. The van der Waals surface area contributed by atoms with Crippen molar-refractivity contribution in [1.29, 1.82) is 0 Å². The fourth-order valence-corrected chi connectivity index (χ4v) is 3.85. The minimum Gasteiger partial charge on any atom is -0.320 e. The number of fused-ring (bicyclic) bond motifs is 2. The molecular formula is C18H18ClN3O2S. The lowest BCUT2D eigenvalue weighted by Gasteiger charge is -2.27. The quantitative estimate of drug-likeness (QED) is 0.827. The number of halogens is 1. The summed E-state index contributed by atoms with van der Waals surface area (Å²) in [5.41, 5.74) is 3.37. The van der Waals surface area contributed by atoms with E-state index in [4.69, 9.17) is 0 Å². The van der Waals surface area contributed by atoms with Gasteiger partial charge < -0.3 is 10.2 Å². The largest absolute Gasteiger partial charge is 0.320 e. The molecule has 0 unspecified atom stereocenters. The first-order valence-electron chi connectivity index (χ1n) is 7.84. The number of para-hydroxylation sites is 2. The lowest BCUT2D eigenvalue weighted by Crippen LogP contribution is -2.33. The van der Waals surface area contributed by atoms with Crippen LogP contribution in [0, 0.1) is 0 Å². The van der Waals surface area contributed by atoms with E-state index in [2.05, 4.69) is 10.2 Å². The van der Waals surface area contributed by atoms with Crippen LogP contribution in [-0.4, -0.2) is 36.9 Å². The normalized spacial score (nSPS) is 16.8. The highest BCUT2D eigenvalue weighted by atomic mass is 35.5. The second-order valence-corrected chi connectivity index (χ2v) is 6.77. The van der Waals surface area contributed by atoms with Crippen molar-refractivity contribution < 1.29 is 9.59 Å². The van der Waals surface area contributed by atoms with E-state index in [1.165, 1.54) is 11.3 Å². The van der Waals surface area contributed by atoms with Crippen molar-refractivity contribution >= 4 is 52.6 Å². The number of carbonyl (C=O) groups excluding carboxylic acids is 2. The van der Waals surface area contributed by atoms with Crippen molar-refractivity contribution in [1.82, 2.24) is 4.90 Å². The molecule has 3 heterocycles. The molecule has 0 saturated carbocycles. The van der Waals surface area contributed by atoms with Crippen LogP contribution < -0.4 is 10.2 Å². The predicted octanol–water partition coefficient (Wildman–Crippen LogP) is 3.66. The Bertz CT molecular complexity index is 862. The first-order valence-corrected chi connectivity index (χ1v) is 8.78. The fraction of sp³-hybridized carbons (Fsp3) is 0.222. The molecule has 0 spiro atoms. The van der Waals surface area contributed by atoms with E-state index < -0.39 is 0 Å². The first-order chi connectivity index (χ1) is 11.6. The van der Waals surface area contributed by atoms with Crippen molar-refractivity contribution in [2.75, 3.05) is 30.4 Å². The second kappa shape index (κ2) is 7.00. The van der Waals surface area contributed by atoms with Crippen molar-refractivity contribution in [3.05, 3.63) is 52.2 Å². The third-order valence-electron chi connectivity index (χ3n) is 4.41. The zero-order chi connectivity index (χ0) is 16.7. The molecule has 2 aliphatic heterocycles. The molecule has 0 fully saturated rings. The Hall–Kier alpha value is -2.15. The maximum Gasteiger partial charge on any atom is 0.258 e. The summed E-state index contributed by atoms with van der Waals surface area (Å²) in [6.45, 7) is 1.63. The number of amides is 2. The topological polar surface area (TPSA) is 52.7 Å². The molecular weight excluding hydrogens is 358 g/mol. The number of benzene rings is 1. The van der Waals surface area contributed by atoms with Gasteiger partial charge in [-0.3, -0.25) is 14.5 Å². The predicted molar refractivity (Wildman–Crippen MR) is 103 cm³/mol. The van der Waals surface area contributed by atoms with Crippen LogP contribution >= 0.6 is 23.7 Å².